The molecule has 3 aromatic rings. The second-order valence-corrected chi connectivity index (χ2v) is 4.46. The molecule has 0 spiro atoms. The van der Waals surface area contributed by atoms with Crippen LogP contribution in [0.15, 0.2) is 69.6 Å². The highest BCUT2D eigenvalue weighted by Crippen LogP contribution is 2.27. The van der Waals surface area contributed by atoms with Gasteiger partial charge in [-0.3, -0.25) is 15.0 Å². The summed E-state index contributed by atoms with van der Waals surface area (Å²) in [5.74, 6) is 0. The molecule has 0 unspecified atom stereocenters. The Balaban J connectivity index is 2.02. The first-order valence-corrected chi connectivity index (χ1v) is 6.37. The Morgan fingerprint density at radius 2 is 1.71 bits per heavy atom. The maximum Gasteiger partial charge on any atom is 0.292 e. The largest absolute Gasteiger partial charge is 0.399 e. The fourth-order valence-electron chi connectivity index (χ4n) is 1.95. The Morgan fingerprint density at radius 1 is 0.905 bits per heavy atom. The highest BCUT2D eigenvalue weighted by atomic mass is 16.1. The third-order valence-electron chi connectivity index (χ3n) is 2.95. The topological polar surface area (TPSA) is 99.4 Å². The lowest BCUT2D eigenvalue weighted by atomic mass is 10.1. The molecule has 0 saturated heterocycles. The first kappa shape index (κ1) is 12.9. The summed E-state index contributed by atoms with van der Waals surface area (Å²) in [6.07, 6.45) is 0. The van der Waals surface area contributed by atoms with Crippen LogP contribution in [0.25, 0.3) is 11.3 Å². The number of nitrogen functional groups attached to an aromatic ring is 1. The average molecular weight is 279 g/mol. The molecule has 4 N–H and O–H groups in total. The molecule has 0 aliphatic rings. The van der Waals surface area contributed by atoms with E-state index in [9.17, 15) is 4.79 Å². The zero-order chi connectivity index (χ0) is 14.7. The molecule has 6 heteroatoms. The van der Waals surface area contributed by atoms with Crippen molar-refractivity contribution in [3.8, 4) is 11.3 Å². The van der Waals surface area contributed by atoms with Gasteiger partial charge in [0.15, 0.2) is 5.69 Å². The summed E-state index contributed by atoms with van der Waals surface area (Å²) < 4.78 is 0. The van der Waals surface area contributed by atoms with E-state index in [0.717, 1.165) is 5.56 Å². The minimum absolute atomic E-state index is 0.226. The van der Waals surface area contributed by atoms with Crippen LogP contribution in [0.2, 0.25) is 0 Å². The van der Waals surface area contributed by atoms with Crippen LogP contribution in [0.4, 0.5) is 17.1 Å². The first-order valence-electron chi connectivity index (χ1n) is 6.37. The van der Waals surface area contributed by atoms with Gasteiger partial charge in [0.05, 0.1) is 11.4 Å². The highest BCUT2D eigenvalue weighted by molar-refractivity contribution is 5.73. The van der Waals surface area contributed by atoms with E-state index in [2.05, 4.69) is 20.4 Å². The predicted molar refractivity (Wildman–Crippen MR) is 81.9 cm³/mol. The number of hydrogen-bond acceptors (Lipinski definition) is 4. The van der Waals surface area contributed by atoms with Gasteiger partial charge in [0, 0.05) is 11.3 Å². The molecule has 0 aliphatic heterocycles. The Hall–Kier alpha value is -3.15. The van der Waals surface area contributed by atoms with Crippen LogP contribution < -0.4 is 11.3 Å². The summed E-state index contributed by atoms with van der Waals surface area (Å²) in [7, 11) is 0. The van der Waals surface area contributed by atoms with E-state index >= 15 is 0 Å². The Kier molecular flexibility index (Phi) is 3.34. The molecule has 0 saturated carbocycles. The number of anilines is 1. The molecule has 0 bridgehead atoms. The Labute approximate surface area is 120 Å². The van der Waals surface area contributed by atoms with Crippen molar-refractivity contribution in [2.75, 3.05) is 5.73 Å². The van der Waals surface area contributed by atoms with Crippen LogP contribution in [0.1, 0.15) is 0 Å². The molecule has 0 aliphatic carbocycles. The SMILES string of the molecule is Nc1cccc(-c2[nH][nH]c(=O)c2N=Nc2ccccc2)c1. The standard InChI is InChI=1S/C15H13N5O/c16-11-6-4-5-10(9-11)13-14(15(21)20-18-13)19-17-12-7-2-1-3-8-12/h1-9H,16H2,(H2,18,20,21). The molecule has 3 rings (SSSR count). The van der Waals surface area contributed by atoms with Crippen LogP contribution in [-0.2, 0) is 0 Å². The molecule has 0 amide bonds. The number of aromatic amines is 2. The molecule has 0 atom stereocenters. The molecule has 6 nitrogen and oxygen atoms in total. The van der Waals surface area contributed by atoms with Crippen molar-refractivity contribution in [3.63, 3.8) is 0 Å². The molecule has 1 heterocycles. The van der Waals surface area contributed by atoms with E-state index in [-0.39, 0.29) is 11.2 Å². The quantitative estimate of drug-likeness (QED) is 0.506. The lowest BCUT2D eigenvalue weighted by Crippen LogP contribution is -1.96. The number of rotatable bonds is 3. The fraction of sp³-hybridized carbons (Fsp3) is 0. The summed E-state index contributed by atoms with van der Waals surface area (Å²) in [6.45, 7) is 0. The number of hydrogen-bond donors (Lipinski definition) is 3. The third kappa shape index (κ3) is 2.74. The lowest BCUT2D eigenvalue weighted by Gasteiger charge is -2.00. The third-order valence-corrected chi connectivity index (χ3v) is 2.95. The average Bonchev–Trinajstić information content (AvgIpc) is 2.87. The van der Waals surface area contributed by atoms with Gasteiger partial charge < -0.3 is 5.73 Å². The van der Waals surface area contributed by atoms with E-state index in [1.807, 2.05) is 42.5 Å². The first-order chi connectivity index (χ1) is 10.2. The summed E-state index contributed by atoms with van der Waals surface area (Å²) in [5.41, 5.74) is 8.29. The maximum atomic E-state index is 11.8. The molecular formula is C15H13N5O. The summed E-state index contributed by atoms with van der Waals surface area (Å²) in [5, 5.41) is 13.4. The van der Waals surface area contributed by atoms with Crippen molar-refractivity contribution < 1.29 is 0 Å². The van der Waals surface area contributed by atoms with Crippen molar-refractivity contribution in [2.45, 2.75) is 0 Å². The van der Waals surface area contributed by atoms with E-state index < -0.39 is 0 Å². The van der Waals surface area contributed by atoms with E-state index in [1.165, 1.54) is 0 Å². The predicted octanol–water partition coefficient (Wildman–Crippen LogP) is 3.37. The highest BCUT2D eigenvalue weighted by Gasteiger charge is 2.11. The van der Waals surface area contributed by atoms with Crippen LogP contribution in [0.3, 0.4) is 0 Å². The monoisotopic (exact) mass is 279 g/mol. The number of aromatic nitrogens is 2. The molecule has 1 aromatic heterocycles. The van der Waals surface area contributed by atoms with Crippen LogP contribution in [0, 0.1) is 0 Å². The summed E-state index contributed by atoms with van der Waals surface area (Å²) in [6, 6.07) is 16.4. The van der Waals surface area contributed by atoms with E-state index in [1.54, 1.807) is 12.1 Å². The van der Waals surface area contributed by atoms with Gasteiger partial charge in [-0.2, -0.15) is 5.11 Å². The van der Waals surface area contributed by atoms with Gasteiger partial charge in [0.1, 0.15) is 0 Å². The number of nitrogens with one attached hydrogen (secondary N) is 2. The number of azo groups is 1. The van der Waals surface area contributed by atoms with Gasteiger partial charge in [-0.25, -0.2) is 0 Å². The Morgan fingerprint density at radius 3 is 2.48 bits per heavy atom. The van der Waals surface area contributed by atoms with Crippen molar-refractivity contribution in [1.29, 1.82) is 0 Å². The van der Waals surface area contributed by atoms with E-state index in [0.29, 0.717) is 17.1 Å². The summed E-state index contributed by atoms with van der Waals surface area (Å²) >= 11 is 0. The molecular weight excluding hydrogens is 266 g/mol. The van der Waals surface area contributed by atoms with Gasteiger partial charge in [0.2, 0.25) is 0 Å². The fourth-order valence-corrected chi connectivity index (χ4v) is 1.95. The molecule has 2 aromatic carbocycles. The van der Waals surface area contributed by atoms with Gasteiger partial charge >= 0.3 is 0 Å². The van der Waals surface area contributed by atoms with Crippen LogP contribution in [0.5, 0.6) is 0 Å². The second-order valence-electron chi connectivity index (χ2n) is 4.46. The Bertz CT molecular complexity index is 833. The molecule has 104 valence electrons. The van der Waals surface area contributed by atoms with Crippen molar-refractivity contribution in [2.24, 2.45) is 10.2 Å². The molecule has 0 radical (unpaired) electrons. The minimum atomic E-state index is -0.327. The normalized spacial score (nSPS) is 11.0. The number of nitrogens with zero attached hydrogens (tertiary/aromatic N) is 2. The number of H-pyrrole nitrogens is 2. The number of nitrogens with two attached hydrogens (primary N) is 1. The van der Waals surface area contributed by atoms with Gasteiger partial charge in [-0.1, -0.05) is 30.3 Å². The zero-order valence-electron chi connectivity index (χ0n) is 11.1. The van der Waals surface area contributed by atoms with Crippen molar-refractivity contribution in [3.05, 3.63) is 65.0 Å². The molecule has 21 heavy (non-hydrogen) atoms. The van der Waals surface area contributed by atoms with Gasteiger partial charge in [-0.15, -0.1) is 5.11 Å². The zero-order valence-corrected chi connectivity index (χ0v) is 11.1. The second kappa shape index (κ2) is 5.46. The van der Waals surface area contributed by atoms with Crippen molar-refractivity contribution >= 4 is 17.1 Å². The maximum absolute atomic E-state index is 11.8. The van der Waals surface area contributed by atoms with Gasteiger partial charge in [0.25, 0.3) is 5.56 Å². The van der Waals surface area contributed by atoms with Crippen molar-refractivity contribution in [1.82, 2.24) is 10.2 Å². The number of benzene rings is 2. The van der Waals surface area contributed by atoms with Crippen LogP contribution in [-0.4, -0.2) is 10.2 Å². The van der Waals surface area contributed by atoms with Crippen LogP contribution >= 0.6 is 0 Å². The molecule has 0 fully saturated rings. The lowest BCUT2D eigenvalue weighted by molar-refractivity contribution is 1.06. The minimum Gasteiger partial charge on any atom is -0.399 e. The smallest absolute Gasteiger partial charge is 0.292 e. The van der Waals surface area contributed by atoms with Gasteiger partial charge in [-0.05, 0) is 24.3 Å². The summed E-state index contributed by atoms with van der Waals surface area (Å²) in [4.78, 5) is 11.8. The van der Waals surface area contributed by atoms with E-state index in [4.69, 9.17) is 5.73 Å².